The molecule has 10 nitrogen and oxygen atoms in total. The van der Waals surface area contributed by atoms with Gasteiger partial charge in [0.1, 0.15) is 0 Å². The van der Waals surface area contributed by atoms with E-state index in [-0.39, 0.29) is 6.79 Å². The number of hydrogen-bond acceptors (Lipinski definition) is 8. The lowest BCUT2D eigenvalue weighted by atomic mass is 10.1. The molecule has 11 heteroatoms. The minimum atomic E-state index is -1.82. The zero-order chi connectivity index (χ0) is 24.5. The van der Waals surface area contributed by atoms with Crippen molar-refractivity contribution in [3.63, 3.8) is 0 Å². The number of anilines is 1. The lowest BCUT2D eigenvalue weighted by molar-refractivity contribution is -0.159. The molecule has 0 fully saturated rings. The Morgan fingerprint density at radius 2 is 1.82 bits per heavy atom. The fourth-order valence-electron chi connectivity index (χ4n) is 3.14. The van der Waals surface area contributed by atoms with Crippen LogP contribution in [-0.4, -0.2) is 58.5 Å². The van der Waals surface area contributed by atoms with Crippen molar-refractivity contribution in [1.29, 1.82) is 0 Å². The van der Waals surface area contributed by atoms with Crippen molar-refractivity contribution in [3.05, 3.63) is 54.2 Å². The molecule has 3 N–H and O–H groups in total. The molecule has 0 amide bonds. The second kappa shape index (κ2) is 12.0. The number of ether oxygens (including phenoxy) is 3. The maximum absolute atomic E-state index is 9.10. The summed E-state index contributed by atoms with van der Waals surface area (Å²) in [6.07, 6.45) is 3.96. The predicted octanol–water partition coefficient (Wildman–Crippen LogP) is 3.41. The number of imidazole rings is 1. The van der Waals surface area contributed by atoms with Gasteiger partial charge >= 0.3 is 11.9 Å². The number of thioether (sulfide) groups is 1. The highest BCUT2D eigenvalue weighted by molar-refractivity contribution is 7.98. The van der Waals surface area contributed by atoms with Gasteiger partial charge in [-0.2, -0.15) is 0 Å². The van der Waals surface area contributed by atoms with Crippen LogP contribution in [-0.2, 0) is 27.4 Å². The molecule has 0 aliphatic carbocycles. The number of methoxy groups -OCH3 is 1. The number of aromatic nitrogens is 2. The summed E-state index contributed by atoms with van der Waals surface area (Å²) >= 11 is 1.74. The van der Waals surface area contributed by atoms with Gasteiger partial charge in [-0.15, -0.1) is 11.8 Å². The predicted molar refractivity (Wildman–Crippen MR) is 126 cm³/mol. The number of hydrogen-bond donors (Lipinski definition) is 3. The maximum atomic E-state index is 9.10. The maximum Gasteiger partial charge on any atom is 0.414 e. The summed E-state index contributed by atoms with van der Waals surface area (Å²) in [7, 11) is 1.71. The summed E-state index contributed by atoms with van der Waals surface area (Å²) in [6, 6.07) is 14.5. The minimum Gasteiger partial charge on any atom is -0.473 e. The van der Waals surface area contributed by atoms with E-state index in [1.807, 2.05) is 24.4 Å². The van der Waals surface area contributed by atoms with E-state index in [9.17, 15) is 0 Å². The second-order valence-electron chi connectivity index (χ2n) is 6.99. The van der Waals surface area contributed by atoms with Crippen molar-refractivity contribution in [2.75, 3.05) is 32.1 Å². The van der Waals surface area contributed by atoms with Crippen LogP contribution in [0.5, 0.6) is 11.5 Å². The number of nitrogens with zero attached hydrogens (tertiary/aromatic N) is 2. The van der Waals surface area contributed by atoms with Gasteiger partial charge in [-0.05, 0) is 42.2 Å². The van der Waals surface area contributed by atoms with Crippen LogP contribution in [0.1, 0.15) is 5.56 Å². The van der Waals surface area contributed by atoms with E-state index >= 15 is 0 Å². The molecule has 1 aliphatic rings. The molecule has 1 aromatic heterocycles. The van der Waals surface area contributed by atoms with Gasteiger partial charge in [-0.3, -0.25) is 0 Å². The molecule has 2 aromatic carbocycles. The molecule has 0 saturated heterocycles. The third kappa shape index (κ3) is 6.42. The van der Waals surface area contributed by atoms with E-state index in [4.69, 9.17) is 34.0 Å². The molecule has 2 heterocycles. The first kappa shape index (κ1) is 24.9. The van der Waals surface area contributed by atoms with Crippen molar-refractivity contribution in [2.24, 2.45) is 0 Å². The molecule has 180 valence electrons. The molecule has 0 bridgehead atoms. The van der Waals surface area contributed by atoms with Gasteiger partial charge in [-0.1, -0.05) is 12.1 Å². The Morgan fingerprint density at radius 3 is 2.47 bits per heavy atom. The quantitative estimate of drug-likeness (QED) is 0.321. The van der Waals surface area contributed by atoms with Crippen molar-refractivity contribution < 1.29 is 34.0 Å². The minimum absolute atomic E-state index is 0.268. The normalized spacial score (nSPS) is 11.5. The average molecular weight is 488 g/mol. The lowest BCUT2D eigenvalue weighted by Crippen LogP contribution is -2.11. The summed E-state index contributed by atoms with van der Waals surface area (Å²) in [5, 5.41) is 18.2. The number of nitrogens with one attached hydrogen (secondary N) is 1. The smallest absolute Gasteiger partial charge is 0.414 e. The van der Waals surface area contributed by atoms with Gasteiger partial charge in [0.2, 0.25) is 12.7 Å². The highest BCUT2D eigenvalue weighted by Crippen LogP contribution is 2.36. The molecule has 0 radical (unpaired) electrons. The number of carbonyl (C=O) groups is 2. The number of fused-ring (bicyclic) bond motifs is 1. The van der Waals surface area contributed by atoms with Crippen LogP contribution in [0.25, 0.3) is 11.3 Å². The average Bonchev–Trinajstić information content (AvgIpc) is 3.48. The van der Waals surface area contributed by atoms with Gasteiger partial charge in [0, 0.05) is 30.7 Å². The Kier molecular flexibility index (Phi) is 8.77. The molecule has 0 saturated carbocycles. The van der Waals surface area contributed by atoms with E-state index in [0.717, 1.165) is 28.7 Å². The first-order valence-corrected chi connectivity index (χ1v) is 11.4. The van der Waals surface area contributed by atoms with Gasteiger partial charge in [-0.25, -0.2) is 14.6 Å². The summed E-state index contributed by atoms with van der Waals surface area (Å²) in [4.78, 5) is 24.1. The first-order valence-electron chi connectivity index (χ1n) is 10.2. The fourth-order valence-corrected chi connectivity index (χ4v) is 3.54. The number of rotatable bonds is 8. The van der Waals surface area contributed by atoms with Crippen LogP contribution in [0.4, 0.5) is 5.95 Å². The number of aliphatic carboxylic acids is 2. The standard InChI is InChI=1S/C21H23N3O3S.C2H2O4/c1-25-10-9-24-18(16-5-8-19-20(11-16)27-14-26-19)13-23-21(24)22-12-15-3-6-17(28-2)7-4-15;3-1(4)2(5)6/h3-8,11,13H,9-10,12,14H2,1-2H3,(H,22,23);(H,3,4)(H,5,6). The second-order valence-corrected chi connectivity index (χ2v) is 7.87. The first-order chi connectivity index (χ1) is 16.4. The molecule has 4 rings (SSSR count). The highest BCUT2D eigenvalue weighted by atomic mass is 32.2. The summed E-state index contributed by atoms with van der Waals surface area (Å²) in [5.74, 6) is -1.29. The Balaban J connectivity index is 0.000000481. The van der Waals surface area contributed by atoms with Gasteiger partial charge in [0.05, 0.1) is 18.5 Å². The Bertz CT molecular complexity index is 1120. The molecule has 0 atom stereocenters. The topological polar surface area (TPSA) is 132 Å². The Labute approximate surface area is 200 Å². The summed E-state index contributed by atoms with van der Waals surface area (Å²) in [6.45, 7) is 2.28. The Hall–Kier alpha value is -3.70. The van der Waals surface area contributed by atoms with E-state index in [2.05, 4.69) is 45.4 Å². The van der Waals surface area contributed by atoms with Crippen LogP contribution in [0.3, 0.4) is 0 Å². The lowest BCUT2D eigenvalue weighted by Gasteiger charge is -2.13. The SMILES string of the molecule is COCCn1c(-c2ccc3c(c2)OCO3)cnc1NCc1ccc(SC)cc1.O=C(O)C(=O)O. The van der Waals surface area contributed by atoms with Gasteiger partial charge in [0.25, 0.3) is 0 Å². The zero-order valence-corrected chi connectivity index (χ0v) is 19.5. The van der Waals surface area contributed by atoms with Crippen molar-refractivity contribution in [3.8, 4) is 22.8 Å². The zero-order valence-electron chi connectivity index (χ0n) is 18.7. The molecule has 0 spiro atoms. The molecular formula is C23H25N3O7S. The molecular weight excluding hydrogens is 462 g/mol. The fraction of sp³-hybridized carbons (Fsp3) is 0.261. The molecule has 34 heavy (non-hydrogen) atoms. The largest absolute Gasteiger partial charge is 0.473 e. The van der Waals surface area contributed by atoms with E-state index in [1.165, 1.54) is 10.5 Å². The number of benzene rings is 2. The van der Waals surface area contributed by atoms with E-state index in [1.54, 1.807) is 18.9 Å². The monoisotopic (exact) mass is 487 g/mol. The van der Waals surface area contributed by atoms with Crippen LogP contribution in [0.15, 0.2) is 53.6 Å². The van der Waals surface area contributed by atoms with Crippen molar-refractivity contribution in [1.82, 2.24) is 9.55 Å². The molecule has 0 unspecified atom stereocenters. The van der Waals surface area contributed by atoms with Crippen molar-refractivity contribution in [2.45, 2.75) is 18.0 Å². The number of carboxylic acid groups (broad SMARTS) is 2. The van der Waals surface area contributed by atoms with E-state index < -0.39 is 11.9 Å². The van der Waals surface area contributed by atoms with Crippen molar-refractivity contribution >= 4 is 29.6 Å². The Morgan fingerprint density at radius 1 is 1.12 bits per heavy atom. The molecule has 1 aliphatic heterocycles. The molecule has 3 aromatic rings. The van der Waals surface area contributed by atoms with Gasteiger partial charge in [0.15, 0.2) is 11.5 Å². The summed E-state index contributed by atoms with van der Waals surface area (Å²) in [5.41, 5.74) is 3.25. The van der Waals surface area contributed by atoms with Gasteiger partial charge < -0.3 is 34.3 Å². The highest BCUT2D eigenvalue weighted by Gasteiger charge is 2.17. The van der Waals surface area contributed by atoms with E-state index in [0.29, 0.717) is 19.7 Å². The summed E-state index contributed by atoms with van der Waals surface area (Å²) < 4.78 is 18.4. The third-order valence-electron chi connectivity index (χ3n) is 4.84. The number of carboxylic acids is 2. The van der Waals surface area contributed by atoms with Crippen LogP contribution in [0, 0.1) is 0 Å². The van der Waals surface area contributed by atoms with Crippen LogP contribution < -0.4 is 14.8 Å². The van der Waals surface area contributed by atoms with Crippen LogP contribution >= 0.6 is 11.8 Å². The van der Waals surface area contributed by atoms with Crippen LogP contribution in [0.2, 0.25) is 0 Å². The third-order valence-corrected chi connectivity index (χ3v) is 5.58.